The van der Waals surface area contributed by atoms with Crippen LogP contribution in [0.1, 0.15) is 0 Å². The Morgan fingerprint density at radius 1 is 0.188 bits per heavy atom. The molecule has 0 radical (unpaired) electrons. The quantitative estimate of drug-likeness (QED) is 0.148. The van der Waals surface area contributed by atoms with E-state index in [9.17, 15) is 0 Å². The van der Waals surface area contributed by atoms with Crippen LogP contribution in [0.25, 0.3) is 160 Å². The molecule has 0 N–H and O–H groups in total. The minimum atomic E-state index is 0.852. The number of nitrogens with zero attached hydrogens (tertiary/aromatic N) is 10. The average molecular weight is 1770 g/mol. The van der Waals surface area contributed by atoms with E-state index in [-0.39, 0.29) is 0 Å². The first-order valence-electron chi connectivity index (χ1n) is 36.4. The number of para-hydroxylation sites is 5. The second-order valence-corrected chi connectivity index (χ2v) is 31.2. The molecule has 0 aliphatic heterocycles. The Balaban J connectivity index is 0.0000000983. The number of fused-ring (bicyclic) bond motifs is 15. The SMILES string of the molecule is Brc1cc2c(cn1)c1ccccc1n2-c1ccccc1.Brc1ccc2c(c1)c1cccnc1n2-c1ccc(-c2ccccc2)cc1.Brc1ccc2c(c1)c1cccnc1n2-c1cccc(-c2ccccc2)c1.Brc1ccc2c(c1)c1cccnc1n2-c1ccccc1.Brc1cnc2c3ccccc3n(-c3ccccc3)c2c1. The largest absolute Gasteiger partial charge is 0.309 e. The van der Waals surface area contributed by atoms with Gasteiger partial charge in [0.15, 0.2) is 0 Å². The summed E-state index contributed by atoms with van der Waals surface area (Å²) in [4.78, 5) is 22.9. The van der Waals surface area contributed by atoms with Crippen molar-refractivity contribution in [1.82, 2.24) is 47.8 Å². The Morgan fingerprint density at radius 2 is 0.554 bits per heavy atom. The van der Waals surface area contributed by atoms with E-state index in [1.54, 1.807) is 0 Å². The monoisotopic (exact) mass is 1760 g/mol. The van der Waals surface area contributed by atoms with Gasteiger partial charge < -0.3 is 9.13 Å². The van der Waals surface area contributed by atoms with Gasteiger partial charge in [0.05, 0.1) is 44.1 Å². The summed E-state index contributed by atoms with van der Waals surface area (Å²) in [6.45, 7) is 0. The van der Waals surface area contributed by atoms with Crippen molar-refractivity contribution in [2.24, 2.45) is 0 Å². The van der Waals surface area contributed by atoms with Gasteiger partial charge in [-0.15, -0.1) is 0 Å². The van der Waals surface area contributed by atoms with Gasteiger partial charge in [-0.2, -0.15) is 0 Å². The van der Waals surface area contributed by atoms with Gasteiger partial charge in [-0.25, -0.2) is 19.9 Å². The third-order valence-corrected chi connectivity index (χ3v) is 22.3. The highest BCUT2D eigenvalue weighted by Crippen LogP contribution is 2.39. The molecule has 15 heteroatoms. The molecule has 12 aromatic carbocycles. The number of halogens is 5. The van der Waals surface area contributed by atoms with Crippen LogP contribution in [0.3, 0.4) is 0 Å². The first-order valence-corrected chi connectivity index (χ1v) is 40.3. The fourth-order valence-corrected chi connectivity index (χ4v) is 16.8. The van der Waals surface area contributed by atoms with E-state index in [0.29, 0.717) is 0 Å². The van der Waals surface area contributed by atoms with Crippen molar-refractivity contribution in [1.29, 1.82) is 0 Å². The molecule has 10 nitrogen and oxygen atoms in total. The van der Waals surface area contributed by atoms with E-state index in [0.717, 1.165) is 101 Å². The van der Waals surface area contributed by atoms with E-state index in [2.05, 4.69) is 431 Å². The van der Waals surface area contributed by atoms with Gasteiger partial charge in [-0.05, 0) is 230 Å². The lowest BCUT2D eigenvalue weighted by molar-refractivity contribution is 1.14. The summed E-state index contributed by atoms with van der Waals surface area (Å²) >= 11 is 17.7. The fourth-order valence-electron chi connectivity index (χ4n) is 15.1. The molecular weight excluding hydrogens is 1700 g/mol. The second-order valence-electron chi connectivity index (χ2n) is 26.7. The maximum Gasteiger partial charge on any atom is 0.145 e. The molecule has 0 saturated carbocycles. The summed E-state index contributed by atoms with van der Waals surface area (Å²) in [6.07, 6.45) is 9.33. The van der Waals surface area contributed by atoms with Gasteiger partial charge in [0, 0.05) is 126 Å². The van der Waals surface area contributed by atoms with E-state index in [1.165, 1.54) is 82.0 Å². The summed E-state index contributed by atoms with van der Waals surface area (Å²) < 4.78 is 16.3. The van der Waals surface area contributed by atoms with Gasteiger partial charge >= 0.3 is 0 Å². The maximum absolute atomic E-state index is 4.67. The van der Waals surface area contributed by atoms with Crippen LogP contribution < -0.4 is 0 Å². The fraction of sp³-hybridized carbons (Fsp3) is 0. The number of pyridine rings is 5. The lowest BCUT2D eigenvalue weighted by Crippen LogP contribution is -1.95. The number of hydrogen-bond donors (Lipinski definition) is 0. The van der Waals surface area contributed by atoms with Crippen LogP contribution in [0.2, 0.25) is 0 Å². The van der Waals surface area contributed by atoms with Gasteiger partial charge in [-0.3, -0.25) is 18.7 Å². The summed E-state index contributed by atoms with van der Waals surface area (Å²) in [6, 6.07) is 122. The number of rotatable bonds is 7. The molecule has 22 rings (SSSR count). The molecule has 536 valence electrons. The molecule has 0 atom stereocenters. The molecule has 0 bridgehead atoms. The lowest BCUT2D eigenvalue weighted by atomic mass is 10.1. The van der Waals surface area contributed by atoms with E-state index in [1.807, 2.05) is 79.5 Å². The molecule has 0 aliphatic carbocycles. The zero-order valence-electron chi connectivity index (χ0n) is 59.7. The molecule has 22 aromatic rings. The maximum atomic E-state index is 4.67. The summed E-state index contributed by atoms with van der Waals surface area (Å²) in [5, 5.41) is 10.7. The Hall–Kier alpha value is -12.2. The van der Waals surface area contributed by atoms with E-state index >= 15 is 0 Å². The number of hydrogen-bond acceptors (Lipinski definition) is 5. The molecule has 10 aromatic heterocycles. The predicted molar refractivity (Wildman–Crippen MR) is 482 cm³/mol. The Kier molecular flexibility index (Phi) is 20.2. The molecule has 0 fully saturated rings. The average Bonchev–Trinajstić information content (AvgIpc) is 1.63. The predicted octanol–water partition coefficient (Wildman–Crippen LogP) is 28.0. The van der Waals surface area contributed by atoms with Crippen LogP contribution in [0.4, 0.5) is 0 Å². The van der Waals surface area contributed by atoms with Gasteiger partial charge in [-0.1, -0.05) is 224 Å². The van der Waals surface area contributed by atoms with Crippen molar-refractivity contribution < 1.29 is 0 Å². The topological polar surface area (TPSA) is 89.1 Å². The van der Waals surface area contributed by atoms with Crippen molar-refractivity contribution >= 4 is 189 Å². The van der Waals surface area contributed by atoms with E-state index in [4.69, 9.17) is 0 Å². The van der Waals surface area contributed by atoms with Crippen LogP contribution in [-0.2, 0) is 0 Å². The highest BCUT2D eigenvalue weighted by atomic mass is 79.9. The molecule has 0 unspecified atom stereocenters. The summed E-state index contributed by atoms with van der Waals surface area (Å²) in [5.74, 6) is 0. The molecular formula is C97H63Br5N10. The molecule has 0 aliphatic rings. The van der Waals surface area contributed by atoms with Crippen molar-refractivity contribution in [3.05, 3.63) is 405 Å². The smallest absolute Gasteiger partial charge is 0.145 e. The Morgan fingerprint density at radius 3 is 1.05 bits per heavy atom. The van der Waals surface area contributed by atoms with Crippen molar-refractivity contribution in [3.8, 4) is 50.7 Å². The first-order chi connectivity index (χ1) is 55.1. The summed E-state index contributed by atoms with van der Waals surface area (Å²) in [5.41, 5.74) is 22.7. The zero-order valence-corrected chi connectivity index (χ0v) is 67.7. The highest BCUT2D eigenvalue weighted by molar-refractivity contribution is 9.11. The normalized spacial score (nSPS) is 11.3. The van der Waals surface area contributed by atoms with Gasteiger partial charge in [0.1, 0.15) is 21.5 Å². The molecule has 0 saturated heterocycles. The van der Waals surface area contributed by atoms with Crippen LogP contribution in [0.5, 0.6) is 0 Å². The molecule has 10 heterocycles. The molecule has 0 amide bonds. The Bertz CT molecular complexity index is 7020. The van der Waals surface area contributed by atoms with Crippen molar-refractivity contribution in [2.75, 3.05) is 0 Å². The minimum Gasteiger partial charge on any atom is -0.309 e. The van der Waals surface area contributed by atoms with Crippen molar-refractivity contribution in [3.63, 3.8) is 0 Å². The minimum absolute atomic E-state index is 0.852. The van der Waals surface area contributed by atoms with Gasteiger partial charge in [0.2, 0.25) is 0 Å². The highest BCUT2D eigenvalue weighted by Gasteiger charge is 2.19. The van der Waals surface area contributed by atoms with Gasteiger partial charge in [0.25, 0.3) is 0 Å². The standard InChI is InChI=1S/2C23H15BrN2.3C17H11BrN2/c24-18-11-12-22-21(15-18)20-10-5-13-25-23(20)26(22)19-9-4-8-17(14-19)16-6-2-1-3-7-16;24-18-10-13-22-21(15-18)20-7-4-14-25-23(20)26(22)19-11-8-17(9-12-19)16-5-2-1-3-6-16;18-12-10-16-17(19-11-12)14-8-4-5-9-15(14)20(16)13-6-2-1-3-7-13;18-17-10-16-14(11-19-17)13-8-4-5-9-15(13)20(16)12-6-2-1-3-7-12;18-12-8-9-16-15(11-12)14-7-4-10-19-17(14)20(16)13-5-2-1-3-6-13/h2*1-15H;3*1-11H. The third kappa shape index (κ3) is 14.0. The van der Waals surface area contributed by atoms with Crippen molar-refractivity contribution in [2.45, 2.75) is 0 Å². The zero-order chi connectivity index (χ0) is 75.6. The summed E-state index contributed by atoms with van der Waals surface area (Å²) in [7, 11) is 0. The lowest BCUT2D eigenvalue weighted by Gasteiger charge is -2.09. The molecule has 112 heavy (non-hydrogen) atoms. The number of aromatic nitrogens is 10. The van der Waals surface area contributed by atoms with E-state index < -0.39 is 0 Å². The first kappa shape index (κ1) is 71.4. The number of benzene rings is 12. The molecule has 0 spiro atoms. The third-order valence-electron chi connectivity index (χ3n) is 20.0. The Labute approximate surface area is 686 Å². The van der Waals surface area contributed by atoms with Crippen LogP contribution in [0.15, 0.2) is 405 Å². The van der Waals surface area contributed by atoms with Crippen LogP contribution in [0, 0.1) is 0 Å². The van der Waals surface area contributed by atoms with Crippen LogP contribution in [-0.4, -0.2) is 47.8 Å². The second kappa shape index (κ2) is 31.6. The van der Waals surface area contributed by atoms with Crippen LogP contribution >= 0.6 is 79.6 Å².